The van der Waals surface area contributed by atoms with Gasteiger partial charge in [-0.15, -0.1) is 0 Å². The number of carboxylic acid groups (broad SMARTS) is 1. The maximum absolute atomic E-state index is 13.7. The van der Waals surface area contributed by atoms with Crippen molar-refractivity contribution >= 4 is 35.5 Å². The summed E-state index contributed by atoms with van der Waals surface area (Å²) in [4.78, 5) is 78.8. The molecule has 5 amide bonds. The number of amides is 5. The second kappa shape index (κ2) is 22.9. The summed E-state index contributed by atoms with van der Waals surface area (Å²) in [5, 5.41) is 51.8. The van der Waals surface area contributed by atoms with Gasteiger partial charge in [0.2, 0.25) is 29.5 Å². The fourth-order valence-electron chi connectivity index (χ4n) is 5.36. The standard InChI is InChI=1S/C37H55N7O10/c1-21(2)17-27(33(49)43-29(37(53)54)19-24-12-14-25(47)15-13-24)41-32(48)26(11-7-8-16-38)40-35(51)30(20-45)44-34(50)28(18-23-9-5-4-6-10-23)42-36(52)31(39)22(3)46/h4-6,9-10,12-15,21-22,26-31,45-47H,7-8,11,16-20,38-39H2,1-3H3,(H,40,51)(H,41,48)(H,42,52)(H,43,49)(H,44,50)(H,53,54)/t22-,26+,27+,28+,29+,30+,31+/m1/s1. The van der Waals surface area contributed by atoms with Crippen LogP contribution < -0.4 is 38.1 Å². The van der Waals surface area contributed by atoms with E-state index in [9.17, 15) is 49.2 Å². The van der Waals surface area contributed by atoms with Gasteiger partial charge in [0.05, 0.1) is 12.7 Å². The Balaban J connectivity index is 2.25. The number of nitrogens with two attached hydrogens (primary N) is 2. The van der Waals surface area contributed by atoms with Crippen molar-refractivity contribution < 1.29 is 49.2 Å². The molecular weight excluding hydrogens is 702 g/mol. The minimum Gasteiger partial charge on any atom is -0.508 e. The number of rotatable bonds is 23. The molecule has 0 aromatic heterocycles. The third-order valence-corrected chi connectivity index (χ3v) is 8.46. The average Bonchev–Trinajstić information content (AvgIpc) is 3.12. The zero-order chi connectivity index (χ0) is 40.4. The molecule has 17 nitrogen and oxygen atoms in total. The van der Waals surface area contributed by atoms with Crippen molar-refractivity contribution in [3.05, 3.63) is 65.7 Å². The van der Waals surface area contributed by atoms with E-state index < -0.39 is 84.5 Å². The lowest BCUT2D eigenvalue weighted by Crippen LogP contribution is -2.60. The van der Waals surface area contributed by atoms with Crippen molar-refractivity contribution in [2.75, 3.05) is 13.2 Å². The first-order valence-electron chi connectivity index (χ1n) is 17.9. The fourth-order valence-corrected chi connectivity index (χ4v) is 5.36. The van der Waals surface area contributed by atoms with Crippen molar-refractivity contribution in [1.82, 2.24) is 26.6 Å². The molecule has 0 aliphatic heterocycles. The van der Waals surface area contributed by atoms with E-state index in [1.807, 2.05) is 0 Å². The van der Waals surface area contributed by atoms with E-state index in [0.717, 1.165) is 0 Å². The highest BCUT2D eigenvalue weighted by Crippen LogP contribution is 2.13. The number of nitrogens with one attached hydrogen (secondary N) is 5. The van der Waals surface area contributed by atoms with Gasteiger partial charge in [0.15, 0.2) is 0 Å². The summed E-state index contributed by atoms with van der Waals surface area (Å²) in [7, 11) is 0. The molecule has 0 aliphatic rings. The van der Waals surface area contributed by atoms with Crippen LogP contribution in [0.2, 0.25) is 0 Å². The van der Waals surface area contributed by atoms with Crippen molar-refractivity contribution in [2.45, 2.75) is 102 Å². The van der Waals surface area contributed by atoms with Crippen LogP contribution in [-0.2, 0) is 41.6 Å². The van der Waals surface area contributed by atoms with Crippen LogP contribution in [0.3, 0.4) is 0 Å². The molecule has 54 heavy (non-hydrogen) atoms. The number of aliphatic carboxylic acids is 1. The zero-order valence-corrected chi connectivity index (χ0v) is 30.9. The van der Waals surface area contributed by atoms with Crippen molar-refractivity contribution in [3.8, 4) is 5.75 Å². The number of phenols is 1. The first-order chi connectivity index (χ1) is 25.6. The molecule has 0 unspecified atom stereocenters. The number of carbonyl (C=O) groups is 6. The van der Waals surface area contributed by atoms with Gasteiger partial charge in [-0.2, -0.15) is 0 Å². The molecule has 2 aromatic rings. The molecule has 0 spiro atoms. The van der Waals surface area contributed by atoms with E-state index in [0.29, 0.717) is 30.5 Å². The van der Waals surface area contributed by atoms with Crippen LogP contribution in [0.1, 0.15) is 57.6 Å². The highest BCUT2D eigenvalue weighted by atomic mass is 16.4. The molecule has 2 aromatic carbocycles. The van der Waals surface area contributed by atoms with Crippen molar-refractivity contribution in [2.24, 2.45) is 17.4 Å². The van der Waals surface area contributed by atoms with Gasteiger partial charge in [0, 0.05) is 12.8 Å². The Bertz CT molecular complexity index is 1520. The summed E-state index contributed by atoms with van der Waals surface area (Å²) in [6, 6.07) is 6.46. The minimum atomic E-state index is -1.58. The molecule has 0 bridgehead atoms. The molecular formula is C37H55N7O10. The van der Waals surface area contributed by atoms with Crippen molar-refractivity contribution in [3.63, 3.8) is 0 Å². The average molecular weight is 758 g/mol. The molecule has 298 valence electrons. The van der Waals surface area contributed by atoms with Crippen LogP contribution in [0.5, 0.6) is 5.75 Å². The molecule has 7 atom stereocenters. The molecule has 13 N–H and O–H groups in total. The molecule has 2 rings (SSSR count). The largest absolute Gasteiger partial charge is 0.508 e. The number of hydrogen-bond donors (Lipinski definition) is 11. The van der Waals surface area contributed by atoms with E-state index in [-0.39, 0.29) is 37.4 Å². The van der Waals surface area contributed by atoms with E-state index in [1.54, 1.807) is 44.2 Å². The Labute approximate surface area is 314 Å². The SMILES string of the molecule is CC(C)C[C@H](NC(=O)[C@H](CCCCN)NC(=O)[C@H](CO)NC(=O)[C@H](Cc1ccccc1)NC(=O)[C@@H](N)[C@@H](C)O)C(=O)N[C@@H](Cc1ccc(O)cc1)C(=O)O. The van der Waals surface area contributed by atoms with Gasteiger partial charge in [-0.25, -0.2) is 4.79 Å². The topological polar surface area (TPSA) is 296 Å². The molecule has 17 heteroatoms. The number of phenolic OH excluding ortho intramolecular Hbond substituents is 1. The lowest BCUT2D eigenvalue weighted by atomic mass is 10.00. The van der Waals surface area contributed by atoms with Crippen LogP contribution in [0, 0.1) is 5.92 Å². The Morgan fingerprint density at radius 3 is 1.69 bits per heavy atom. The van der Waals surface area contributed by atoms with Crippen LogP contribution in [0.15, 0.2) is 54.6 Å². The number of carbonyl (C=O) groups excluding carboxylic acids is 5. The lowest BCUT2D eigenvalue weighted by Gasteiger charge is -2.27. The lowest BCUT2D eigenvalue weighted by molar-refractivity contribution is -0.142. The van der Waals surface area contributed by atoms with Gasteiger partial charge in [0.1, 0.15) is 42.0 Å². The second-order valence-corrected chi connectivity index (χ2v) is 13.6. The molecule has 0 aliphatic carbocycles. The second-order valence-electron chi connectivity index (χ2n) is 13.6. The number of hydrogen-bond acceptors (Lipinski definition) is 11. The normalized spacial score (nSPS) is 15.0. The predicted octanol–water partition coefficient (Wildman–Crippen LogP) is -1.44. The third kappa shape index (κ3) is 15.5. The first-order valence-corrected chi connectivity index (χ1v) is 17.9. The Morgan fingerprint density at radius 2 is 1.13 bits per heavy atom. The number of carboxylic acids is 1. The van der Waals surface area contributed by atoms with Crippen LogP contribution in [0.4, 0.5) is 0 Å². The Morgan fingerprint density at radius 1 is 0.648 bits per heavy atom. The molecule has 0 saturated carbocycles. The zero-order valence-electron chi connectivity index (χ0n) is 30.9. The van der Waals surface area contributed by atoms with Crippen LogP contribution >= 0.6 is 0 Å². The maximum Gasteiger partial charge on any atom is 0.326 e. The molecule has 0 radical (unpaired) electrons. The van der Waals surface area contributed by atoms with Gasteiger partial charge in [-0.3, -0.25) is 24.0 Å². The third-order valence-electron chi connectivity index (χ3n) is 8.46. The summed E-state index contributed by atoms with van der Waals surface area (Å²) in [5.74, 6) is -5.59. The van der Waals surface area contributed by atoms with E-state index in [4.69, 9.17) is 11.5 Å². The molecule has 0 heterocycles. The van der Waals surface area contributed by atoms with Gasteiger partial charge in [-0.05, 0) is 68.3 Å². The highest BCUT2D eigenvalue weighted by Gasteiger charge is 2.33. The summed E-state index contributed by atoms with van der Waals surface area (Å²) >= 11 is 0. The molecule has 0 saturated heterocycles. The van der Waals surface area contributed by atoms with E-state index >= 15 is 0 Å². The smallest absolute Gasteiger partial charge is 0.326 e. The summed E-state index contributed by atoms with van der Waals surface area (Å²) in [5.41, 5.74) is 12.6. The Kier molecular flexibility index (Phi) is 19.1. The number of aliphatic hydroxyl groups is 2. The number of benzene rings is 2. The minimum absolute atomic E-state index is 0.00921. The van der Waals surface area contributed by atoms with Crippen molar-refractivity contribution in [1.29, 1.82) is 0 Å². The quantitative estimate of drug-likeness (QED) is 0.0582. The molecule has 0 fully saturated rings. The predicted molar refractivity (Wildman–Crippen MR) is 198 cm³/mol. The van der Waals surface area contributed by atoms with E-state index in [2.05, 4.69) is 26.6 Å². The van der Waals surface area contributed by atoms with E-state index in [1.165, 1.54) is 31.2 Å². The number of aliphatic hydroxyl groups excluding tert-OH is 2. The fraction of sp³-hybridized carbons (Fsp3) is 0.514. The monoisotopic (exact) mass is 757 g/mol. The van der Waals surface area contributed by atoms with Gasteiger partial charge in [0.25, 0.3) is 0 Å². The number of aromatic hydroxyl groups is 1. The highest BCUT2D eigenvalue weighted by molar-refractivity contribution is 5.96. The summed E-state index contributed by atoms with van der Waals surface area (Å²) < 4.78 is 0. The Hall–Kier alpha value is -5.10. The number of unbranched alkanes of at least 4 members (excludes halogenated alkanes) is 1. The van der Waals surface area contributed by atoms with Crippen LogP contribution in [0.25, 0.3) is 0 Å². The van der Waals surface area contributed by atoms with Gasteiger partial charge < -0.3 is 58.5 Å². The van der Waals surface area contributed by atoms with Gasteiger partial charge in [-0.1, -0.05) is 56.3 Å². The van der Waals surface area contributed by atoms with Gasteiger partial charge >= 0.3 is 5.97 Å². The maximum atomic E-state index is 13.7. The summed E-state index contributed by atoms with van der Waals surface area (Å²) in [6.07, 6.45) is -0.282. The summed E-state index contributed by atoms with van der Waals surface area (Å²) in [6.45, 7) is 4.33. The van der Waals surface area contributed by atoms with Crippen LogP contribution in [-0.4, -0.2) is 111 Å². The first kappa shape index (κ1) is 45.1.